The molecular formula is C12H20BrNO. The highest BCUT2D eigenvalue weighted by atomic mass is 79.9. The topological polar surface area (TPSA) is 29.1 Å². The molecule has 2 nitrogen and oxygen atoms in total. The van der Waals surface area contributed by atoms with Crippen LogP contribution in [0.5, 0.6) is 0 Å². The Balaban J connectivity index is 1.92. The Bertz CT molecular complexity index is 264. The summed E-state index contributed by atoms with van der Waals surface area (Å²) < 4.78 is 0. The molecule has 1 N–H and O–H groups in total. The largest absolute Gasteiger partial charge is 0.350 e. The number of rotatable bonds is 3. The molecule has 0 spiro atoms. The predicted octanol–water partition coefficient (Wildman–Crippen LogP) is 2.71. The van der Waals surface area contributed by atoms with Gasteiger partial charge in [0.15, 0.2) is 0 Å². The summed E-state index contributed by atoms with van der Waals surface area (Å²) >= 11 is 3.43. The van der Waals surface area contributed by atoms with Gasteiger partial charge in [0.05, 0.1) is 0 Å². The van der Waals surface area contributed by atoms with Crippen molar-refractivity contribution in [2.45, 2.75) is 45.1 Å². The van der Waals surface area contributed by atoms with E-state index in [1.807, 2.05) is 0 Å². The molecule has 3 atom stereocenters. The molecule has 2 bridgehead atoms. The van der Waals surface area contributed by atoms with Gasteiger partial charge in [-0.05, 0) is 44.9 Å². The van der Waals surface area contributed by atoms with E-state index in [0.717, 1.165) is 17.7 Å². The maximum Gasteiger partial charge on any atom is 0.223 e. The molecule has 2 aliphatic rings. The van der Waals surface area contributed by atoms with Gasteiger partial charge in [0.25, 0.3) is 0 Å². The van der Waals surface area contributed by atoms with Crippen LogP contribution >= 0.6 is 15.9 Å². The van der Waals surface area contributed by atoms with Crippen LogP contribution in [0.4, 0.5) is 0 Å². The lowest BCUT2D eigenvalue weighted by molar-refractivity contribution is -0.127. The van der Waals surface area contributed by atoms with Gasteiger partial charge in [-0.3, -0.25) is 4.79 Å². The van der Waals surface area contributed by atoms with Crippen LogP contribution in [0.25, 0.3) is 0 Å². The van der Waals surface area contributed by atoms with E-state index < -0.39 is 0 Å². The van der Waals surface area contributed by atoms with Crippen molar-refractivity contribution in [1.29, 1.82) is 0 Å². The normalized spacial score (nSPS) is 34.5. The van der Waals surface area contributed by atoms with Crippen LogP contribution in [-0.4, -0.2) is 16.8 Å². The van der Waals surface area contributed by atoms with Gasteiger partial charge < -0.3 is 5.32 Å². The second-order valence-corrected chi connectivity index (χ2v) is 6.35. The SMILES string of the molecule is CC(C)(CBr)NC(=O)C1CC2CCC1C2. The van der Waals surface area contributed by atoms with Crippen LogP contribution in [0.2, 0.25) is 0 Å². The van der Waals surface area contributed by atoms with Crippen molar-refractivity contribution >= 4 is 21.8 Å². The Labute approximate surface area is 100 Å². The number of hydrogen-bond acceptors (Lipinski definition) is 1. The van der Waals surface area contributed by atoms with Crippen molar-refractivity contribution < 1.29 is 4.79 Å². The van der Waals surface area contributed by atoms with Gasteiger partial charge in [0.1, 0.15) is 0 Å². The molecule has 0 aromatic heterocycles. The number of carbonyl (C=O) groups is 1. The quantitative estimate of drug-likeness (QED) is 0.788. The Morgan fingerprint density at radius 1 is 1.40 bits per heavy atom. The highest BCUT2D eigenvalue weighted by molar-refractivity contribution is 9.09. The molecule has 2 saturated carbocycles. The third kappa shape index (κ3) is 2.38. The maximum atomic E-state index is 12.1. The van der Waals surface area contributed by atoms with E-state index in [9.17, 15) is 4.79 Å². The van der Waals surface area contributed by atoms with E-state index in [-0.39, 0.29) is 11.4 Å². The van der Waals surface area contributed by atoms with Crippen molar-refractivity contribution in [3.63, 3.8) is 0 Å². The molecule has 0 aromatic rings. The summed E-state index contributed by atoms with van der Waals surface area (Å²) in [4.78, 5) is 12.1. The first-order valence-electron chi connectivity index (χ1n) is 5.90. The molecule has 3 heteroatoms. The van der Waals surface area contributed by atoms with E-state index in [1.165, 1.54) is 19.3 Å². The Kier molecular flexibility index (Phi) is 3.11. The number of fused-ring (bicyclic) bond motifs is 2. The first-order chi connectivity index (χ1) is 7.02. The van der Waals surface area contributed by atoms with Crippen LogP contribution in [0.3, 0.4) is 0 Å². The lowest BCUT2D eigenvalue weighted by atomic mass is 9.87. The summed E-state index contributed by atoms with van der Waals surface area (Å²) in [6, 6.07) is 0. The van der Waals surface area contributed by atoms with E-state index in [2.05, 4.69) is 35.1 Å². The molecule has 0 aliphatic heterocycles. The molecule has 2 rings (SSSR count). The van der Waals surface area contributed by atoms with Crippen LogP contribution in [0.15, 0.2) is 0 Å². The van der Waals surface area contributed by atoms with Crippen molar-refractivity contribution in [2.75, 3.05) is 5.33 Å². The molecule has 86 valence electrons. The molecule has 3 unspecified atom stereocenters. The van der Waals surface area contributed by atoms with Crippen LogP contribution < -0.4 is 5.32 Å². The second-order valence-electron chi connectivity index (χ2n) is 5.79. The van der Waals surface area contributed by atoms with Crippen molar-refractivity contribution in [2.24, 2.45) is 17.8 Å². The highest BCUT2D eigenvalue weighted by Crippen LogP contribution is 2.48. The lowest BCUT2D eigenvalue weighted by Crippen LogP contribution is -2.48. The Morgan fingerprint density at radius 3 is 2.60 bits per heavy atom. The van der Waals surface area contributed by atoms with Gasteiger partial charge in [-0.1, -0.05) is 22.4 Å². The minimum atomic E-state index is -0.112. The fourth-order valence-electron chi connectivity index (χ4n) is 3.03. The number of carbonyl (C=O) groups excluding carboxylic acids is 1. The van der Waals surface area contributed by atoms with Gasteiger partial charge in [-0.15, -0.1) is 0 Å². The van der Waals surface area contributed by atoms with Crippen LogP contribution in [0, 0.1) is 17.8 Å². The average Bonchev–Trinajstić information content (AvgIpc) is 2.78. The first kappa shape index (κ1) is 11.4. The zero-order valence-corrected chi connectivity index (χ0v) is 11.1. The standard InChI is InChI=1S/C12H20BrNO/c1-12(2,7-13)14-11(15)10-6-8-3-4-9(10)5-8/h8-10H,3-7H2,1-2H3,(H,14,15). The third-order valence-corrected chi connectivity index (χ3v) is 5.27. The number of alkyl halides is 1. The van der Waals surface area contributed by atoms with Gasteiger partial charge in [-0.25, -0.2) is 0 Å². The third-order valence-electron chi connectivity index (χ3n) is 3.87. The summed E-state index contributed by atoms with van der Waals surface area (Å²) in [5.74, 6) is 2.12. The van der Waals surface area contributed by atoms with Crippen molar-refractivity contribution in [3.8, 4) is 0 Å². The summed E-state index contributed by atoms with van der Waals surface area (Å²) in [6.07, 6.45) is 5.06. The van der Waals surface area contributed by atoms with Gasteiger partial charge in [-0.2, -0.15) is 0 Å². The number of halogens is 1. The van der Waals surface area contributed by atoms with E-state index >= 15 is 0 Å². The number of nitrogens with one attached hydrogen (secondary N) is 1. The number of hydrogen-bond donors (Lipinski definition) is 1. The zero-order chi connectivity index (χ0) is 11.1. The second kappa shape index (κ2) is 4.08. The lowest BCUT2D eigenvalue weighted by Gasteiger charge is -2.28. The van der Waals surface area contributed by atoms with Crippen molar-refractivity contribution in [3.05, 3.63) is 0 Å². The minimum absolute atomic E-state index is 0.112. The molecule has 0 heterocycles. The fourth-order valence-corrected chi connectivity index (χ4v) is 3.17. The van der Waals surface area contributed by atoms with E-state index in [4.69, 9.17) is 0 Å². The Morgan fingerprint density at radius 2 is 2.13 bits per heavy atom. The summed E-state index contributed by atoms with van der Waals surface area (Å²) in [5, 5.41) is 3.96. The molecule has 2 fully saturated rings. The smallest absolute Gasteiger partial charge is 0.223 e. The molecular weight excluding hydrogens is 254 g/mol. The van der Waals surface area contributed by atoms with Crippen LogP contribution in [0.1, 0.15) is 39.5 Å². The average molecular weight is 274 g/mol. The van der Waals surface area contributed by atoms with Gasteiger partial charge in [0, 0.05) is 16.8 Å². The zero-order valence-electron chi connectivity index (χ0n) is 9.55. The fraction of sp³-hybridized carbons (Fsp3) is 0.917. The molecule has 15 heavy (non-hydrogen) atoms. The van der Waals surface area contributed by atoms with Gasteiger partial charge >= 0.3 is 0 Å². The molecule has 0 saturated heterocycles. The Hall–Kier alpha value is -0.0500. The summed E-state index contributed by atoms with van der Waals surface area (Å²) in [5.41, 5.74) is -0.112. The maximum absolute atomic E-state index is 12.1. The minimum Gasteiger partial charge on any atom is -0.350 e. The van der Waals surface area contributed by atoms with E-state index in [1.54, 1.807) is 0 Å². The van der Waals surface area contributed by atoms with Crippen molar-refractivity contribution in [1.82, 2.24) is 5.32 Å². The molecule has 0 radical (unpaired) electrons. The predicted molar refractivity (Wildman–Crippen MR) is 65.0 cm³/mol. The molecule has 1 amide bonds. The van der Waals surface area contributed by atoms with Crippen LogP contribution in [-0.2, 0) is 4.79 Å². The highest BCUT2D eigenvalue weighted by Gasteiger charge is 2.43. The molecule has 2 aliphatic carbocycles. The first-order valence-corrected chi connectivity index (χ1v) is 7.02. The number of amides is 1. The van der Waals surface area contributed by atoms with E-state index in [0.29, 0.717) is 11.8 Å². The molecule has 0 aromatic carbocycles. The summed E-state index contributed by atoms with van der Waals surface area (Å²) in [7, 11) is 0. The monoisotopic (exact) mass is 273 g/mol. The van der Waals surface area contributed by atoms with Gasteiger partial charge in [0.2, 0.25) is 5.91 Å². The summed E-state index contributed by atoms with van der Waals surface area (Å²) in [6.45, 7) is 4.12.